The molecule has 0 radical (unpaired) electrons. The number of aliphatic carboxylic acids is 1. The summed E-state index contributed by atoms with van der Waals surface area (Å²) in [7, 11) is 0. The molecule has 0 unspecified atom stereocenters. The molecule has 140 valence electrons. The van der Waals surface area contributed by atoms with Crippen LogP contribution in [-0.2, 0) is 4.79 Å². The highest BCUT2D eigenvalue weighted by Gasteiger charge is 2.38. The summed E-state index contributed by atoms with van der Waals surface area (Å²) in [6.07, 6.45) is -1.10. The van der Waals surface area contributed by atoms with Crippen LogP contribution in [0, 0.1) is 0 Å². The first-order valence-electron chi connectivity index (χ1n) is 7.80. The molecule has 0 bridgehead atoms. The van der Waals surface area contributed by atoms with E-state index in [4.69, 9.17) is 15.0 Å². The first kappa shape index (κ1) is 20.8. The maximum absolute atomic E-state index is 10.7. The number of nitrogens with zero attached hydrogens (tertiary/aromatic N) is 1. The molecule has 0 saturated carbocycles. The summed E-state index contributed by atoms with van der Waals surface area (Å²) in [5.74, 6) is -3.64. The lowest BCUT2D eigenvalue weighted by molar-refractivity contribution is -0.192. The third-order valence-electron chi connectivity index (χ3n) is 3.58. The lowest BCUT2D eigenvalue weighted by atomic mass is 10.1. The maximum Gasteiger partial charge on any atom is 0.490 e. The van der Waals surface area contributed by atoms with Crippen LogP contribution >= 0.6 is 0 Å². The number of carboxylic acid groups (broad SMARTS) is 2. The van der Waals surface area contributed by atoms with Gasteiger partial charge in [-0.3, -0.25) is 0 Å². The fourth-order valence-corrected chi connectivity index (χ4v) is 2.27. The molecule has 1 saturated heterocycles. The van der Waals surface area contributed by atoms with Gasteiger partial charge in [-0.2, -0.15) is 13.2 Å². The fraction of sp³-hybridized carbons (Fsp3) is 0.500. The van der Waals surface area contributed by atoms with Crippen molar-refractivity contribution >= 4 is 17.6 Å². The number of halogens is 3. The summed E-state index contributed by atoms with van der Waals surface area (Å²) in [5, 5.41) is 19.2. The van der Waals surface area contributed by atoms with Crippen LogP contribution in [-0.4, -0.2) is 59.4 Å². The van der Waals surface area contributed by atoms with E-state index in [2.05, 4.69) is 10.2 Å². The van der Waals surface area contributed by atoms with Crippen molar-refractivity contribution in [2.75, 3.05) is 31.5 Å². The molecule has 1 aromatic rings. The standard InChI is InChI=1S/C14H20N2O2.C2HF3O2/c17-14(18)12-4-6-13(7-5-12)15-8-11-16-9-2-1-3-10-16;3-2(4,5)1(6)7/h4-7,15H,1-3,8-11H2,(H,17,18);(H,6,7). The minimum absolute atomic E-state index is 0.330. The van der Waals surface area contributed by atoms with Crippen LogP contribution in [0.3, 0.4) is 0 Å². The molecule has 0 spiro atoms. The molecule has 1 fully saturated rings. The van der Waals surface area contributed by atoms with Gasteiger partial charge in [-0.05, 0) is 50.2 Å². The minimum Gasteiger partial charge on any atom is -0.478 e. The Morgan fingerprint density at radius 3 is 2.00 bits per heavy atom. The summed E-state index contributed by atoms with van der Waals surface area (Å²) in [4.78, 5) is 22.1. The largest absolute Gasteiger partial charge is 0.490 e. The number of hydrogen-bond donors (Lipinski definition) is 3. The lowest BCUT2D eigenvalue weighted by Gasteiger charge is -2.26. The van der Waals surface area contributed by atoms with Crippen LogP contribution in [0.25, 0.3) is 0 Å². The number of rotatable bonds is 5. The van der Waals surface area contributed by atoms with E-state index in [1.54, 1.807) is 12.1 Å². The van der Waals surface area contributed by atoms with E-state index < -0.39 is 18.1 Å². The topological polar surface area (TPSA) is 89.9 Å². The summed E-state index contributed by atoms with van der Waals surface area (Å²) >= 11 is 0. The van der Waals surface area contributed by atoms with Crippen LogP contribution in [0.1, 0.15) is 29.6 Å². The number of carboxylic acids is 2. The van der Waals surface area contributed by atoms with Gasteiger partial charge < -0.3 is 20.4 Å². The number of likely N-dealkylation sites (tertiary alicyclic amines) is 1. The Labute approximate surface area is 143 Å². The van der Waals surface area contributed by atoms with Gasteiger partial charge in [0, 0.05) is 18.8 Å². The van der Waals surface area contributed by atoms with Crippen LogP contribution in [0.5, 0.6) is 0 Å². The van der Waals surface area contributed by atoms with Crippen molar-refractivity contribution in [1.82, 2.24) is 4.90 Å². The van der Waals surface area contributed by atoms with Crippen molar-refractivity contribution < 1.29 is 33.0 Å². The summed E-state index contributed by atoms with van der Waals surface area (Å²) < 4.78 is 31.7. The van der Waals surface area contributed by atoms with Gasteiger partial charge in [0.2, 0.25) is 0 Å². The zero-order valence-corrected chi connectivity index (χ0v) is 13.6. The highest BCUT2D eigenvalue weighted by Crippen LogP contribution is 2.13. The van der Waals surface area contributed by atoms with E-state index in [-0.39, 0.29) is 0 Å². The van der Waals surface area contributed by atoms with Crippen molar-refractivity contribution in [3.63, 3.8) is 0 Å². The maximum atomic E-state index is 10.7. The number of hydrogen-bond acceptors (Lipinski definition) is 4. The van der Waals surface area contributed by atoms with E-state index in [1.807, 2.05) is 12.1 Å². The van der Waals surface area contributed by atoms with Crippen molar-refractivity contribution in [3.8, 4) is 0 Å². The van der Waals surface area contributed by atoms with E-state index in [1.165, 1.54) is 32.4 Å². The van der Waals surface area contributed by atoms with Crippen molar-refractivity contribution in [2.24, 2.45) is 0 Å². The Bertz CT molecular complexity index is 555. The van der Waals surface area contributed by atoms with Crippen molar-refractivity contribution in [1.29, 1.82) is 0 Å². The molecule has 1 aromatic carbocycles. The minimum atomic E-state index is -5.08. The average Bonchev–Trinajstić information content (AvgIpc) is 2.56. The molecule has 9 heteroatoms. The zero-order valence-electron chi connectivity index (χ0n) is 13.6. The molecule has 0 aromatic heterocycles. The van der Waals surface area contributed by atoms with E-state index in [0.717, 1.165) is 18.8 Å². The predicted octanol–water partition coefficient (Wildman–Crippen LogP) is 2.92. The van der Waals surface area contributed by atoms with Gasteiger partial charge >= 0.3 is 18.1 Å². The van der Waals surface area contributed by atoms with Crippen LogP contribution in [0.4, 0.5) is 18.9 Å². The number of alkyl halides is 3. The second kappa shape index (κ2) is 9.87. The molecule has 0 atom stereocenters. The second-order valence-corrected chi connectivity index (χ2v) is 5.51. The molecule has 6 nitrogen and oxygen atoms in total. The number of aromatic carboxylic acids is 1. The molecule has 1 heterocycles. The fourth-order valence-electron chi connectivity index (χ4n) is 2.27. The van der Waals surface area contributed by atoms with Gasteiger partial charge in [-0.1, -0.05) is 6.42 Å². The first-order chi connectivity index (χ1) is 11.7. The third-order valence-corrected chi connectivity index (χ3v) is 3.58. The van der Waals surface area contributed by atoms with Gasteiger partial charge in [0.25, 0.3) is 0 Å². The smallest absolute Gasteiger partial charge is 0.478 e. The average molecular weight is 362 g/mol. The summed E-state index contributed by atoms with van der Waals surface area (Å²) in [5.41, 5.74) is 1.31. The quantitative estimate of drug-likeness (QED) is 0.746. The summed E-state index contributed by atoms with van der Waals surface area (Å²) in [6, 6.07) is 6.90. The lowest BCUT2D eigenvalue weighted by Crippen LogP contribution is -2.33. The molecule has 2 rings (SSSR count). The number of nitrogens with one attached hydrogen (secondary N) is 1. The molecule has 0 aliphatic carbocycles. The van der Waals surface area contributed by atoms with Gasteiger partial charge in [0.05, 0.1) is 5.56 Å². The van der Waals surface area contributed by atoms with Crippen LogP contribution in [0.2, 0.25) is 0 Å². The molecule has 3 N–H and O–H groups in total. The van der Waals surface area contributed by atoms with E-state index in [9.17, 15) is 18.0 Å². The van der Waals surface area contributed by atoms with E-state index in [0.29, 0.717) is 5.56 Å². The highest BCUT2D eigenvalue weighted by molar-refractivity contribution is 5.87. The van der Waals surface area contributed by atoms with Crippen LogP contribution < -0.4 is 5.32 Å². The number of anilines is 1. The Morgan fingerprint density at radius 1 is 1.04 bits per heavy atom. The monoisotopic (exact) mass is 362 g/mol. The zero-order chi connectivity index (χ0) is 18.9. The molecular weight excluding hydrogens is 341 g/mol. The first-order valence-corrected chi connectivity index (χ1v) is 7.80. The van der Waals surface area contributed by atoms with Gasteiger partial charge in [0.15, 0.2) is 0 Å². The van der Waals surface area contributed by atoms with Crippen LogP contribution in [0.15, 0.2) is 24.3 Å². The number of carbonyl (C=O) groups is 2. The number of piperidine rings is 1. The molecular formula is C16H21F3N2O4. The molecule has 1 aliphatic rings. The molecule has 25 heavy (non-hydrogen) atoms. The highest BCUT2D eigenvalue weighted by atomic mass is 19.4. The second-order valence-electron chi connectivity index (χ2n) is 5.51. The SMILES string of the molecule is O=C(O)C(F)(F)F.O=C(O)c1ccc(NCCN2CCCCC2)cc1. The van der Waals surface area contributed by atoms with Gasteiger partial charge in [-0.25, -0.2) is 9.59 Å². The normalized spacial score (nSPS) is 15.0. The van der Waals surface area contributed by atoms with Crippen molar-refractivity contribution in [2.45, 2.75) is 25.4 Å². The van der Waals surface area contributed by atoms with Crippen molar-refractivity contribution in [3.05, 3.63) is 29.8 Å². The predicted molar refractivity (Wildman–Crippen MR) is 85.9 cm³/mol. The Balaban J connectivity index is 0.000000381. The Kier molecular flexibility index (Phi) is 8.20. The summed E-state index contributed by atoms with van der Waals surface area (Å²) in [6.45, 7) is 4.38. The van der Waals surface area contributed by atoms with Gasteiger partial charge in [-0.15, -0.1) is 0 Å². The number of benzene rings is 1. The van der Waals surface area contributed by atoms with E-state index >= 15 is 0 Å². The molecule has 1 aliphatic heterocycles. The Morgan fingerprint density at radius 2 is 1.56 bits per heavy atom. The Hall–Kier alpha value is -2.29. The third kappa shape index (κ3) is 8.39. The molecule has 0 amide bonds. The van der Waals surface area contributed by atoms with Gasteiger partial charge in [0.1, 0.15) is 0 Å².